The maximum absolute atomic E-state index is 12.1. The normalized spacial score (nSPS) is 10.9. The second-order valence-corrected chi connectivity index (χ2v) is 6.99. The topological polar surface area (TPSA) is 34.9 Å². The number of carbonyl (C=O) groups excluding carboxylic acids is 1. The lowest BCUT2D eigenvalue weighted by Gasteiger charge is -2.04. The molecule has 3 nitrogen and oxygen atoms in total. The van der Waals surface area contributed by atoms with Crippen LogP contribution in [0.25, 0.3) is 0 Å². The van der Waals surface area contributed by atoms with Crippen LogP contribution in [-0.4, -0.2) is 21.3 Å². The molecule has 0 atom stereocenters. The molecule has 0 saturated carbocycles. The SMILES string of the molecule is CCc1nn(C)c(CC(=O)CSc2cccc(Br)c2)c1Cl. The minimum atomic E-state index is 0.146. The number of rotatable bonds is 6. The summed E-state index contributed by atoms with van der Waals surface area (Å²) in [5, 5.41) is 4.96. The highest BCUT2D eigenvalue weighted by atomic mass is 79.9. The Balaban J connectivity index is 1.98. The van der Waals surface area contributed by atoms with Crippen molar-refractivity contribution in [3.05, 3.63) is 45.1 Å². The predicted molar refractivity (Wildman–Crippen MR) is 91.2 cm³/mol. The minimum absolute atomic E-state index is 0.146. The lowest BCUT2D eigenvalue weighted by molar-refractivity contribution is -0.116. The van der Waals surface area contributed by atoms with E-state index in [0.717, 1.165) is 27.2 Å². The molecule has 0 unspecified atom stereocenters. The van der Waals surface area contributed by atoms with E-state index in [0.29, 0.717) is 17.2 Å². The number of carbonyl (C=O) groups is 1. The third-order valence-electron chi connectivity index (χ3n) is 3.06. The summed E-state index contributed by atoms with van der Waals surface area (Å²) < 4.78 is 2.73. The number of aromatic nitrogens is 2. The molecular formula is C15H16BrClN2OS. The molecule has 21 heavy (non-hydrogen) atoms. The number of benzene rings is 1. The fourth-order valence-corrected chi connectivity index (χ4v) is 3.70. The standard InChI is InChI=1S/C15H16BrClN2OS/c1-3-13-15(17)14(19(2)18-13)8-11(20)9-21-12-6-4-5-10(16)7-12/h4-7H,3,8-9H2,1-2H3. The Morgan fingerprint density at radius 2 is 2.24 bits per heavy atom. The summed E-state index contributed by atoms with van der Waals surface area (Å²) in [5.41, 5.74) is 1.65. The van der Waals surface area contributed by atoms with Gasteiger partial charge in [0, 0.05) is 16.4 Å². The van der Waals surface area contributed by atoms with E-state index in [9.17, 15) is 4.79 Å². The smallest absolute Gasteiger partial charge is 0.149 e. The van der Waals surface area contributed by atoms with Gasteiger partial charge < -0.3 is 0 Å². The van der Waals surface area contributed by atoms with E-state index < -0.39 is 0 Å². The zero-order valence-corrected chi connectivity index (χ0v) is 15.1. The van der Waals surface area contributed by atoms with Gasteiger partial charge in [0.1, 0.15) is 5.78 Å². The largest absolute Gasteiger partial charge is 0.298 e. The third-order valence-corrected chi connectivity index (χ3v) is 5.05. The molecule has 1 aromatic carbocycles. The third kappa shape index (κ3) is 4.34. The van der Waals surface area contributed by atoms with Crippen LogP contribution >= 0.6 is 39.3 Å². The first-order valence-corrected chi connectivity index (χ1v) is 8.77. The quantitative estimate of drug-likeness (QED) is 0.693. The average Bonchev–Trinajstić information content (AvgIpc) is 2.72. The Kier molecular flexibility index (Phi) is 5.90. The fourth-order valence-electron chi connectivity index (χ4n) is 1.97. The van der Waals surface area contributed by atoms with Gasteiger partial charge in [-0.15, -0.1) is 11.8 Å². The van der Waals surface area contributed by atoms with Crippen LogP contribution in [0, 0.1) is 0 Å². The summed E-state index contributed by atoms with van der Waals surface area (Å²) in [6.07, 6.45) is 1.09. The molecule has 0 aliphatic heterocycles. The molecule has 1 aromatic heterocycles. The van der Waals surface area contributed by atoms with Gasteiger partial charge in [0.05, 0.1) is 28.6 Å². The Morgan fingerprint density at radius 1 is 1.48 bits per heavy atom. The number of thioether (sulfide) groups is 1. The van der Waals surface area contributed by atoms with Crippen LogP contribution < -0.4 is 0 Å². The Morgan fingerprint density at radius 3 is 2.86 bits per heavy atom. The van der Waals surface area contributed by atoms with Crippen molar-refractivity contribution in [3.8, 4) is 0 Å². The molecule has 0 spiro atoms. The molecule has 1 heterocycles. The predicted octanol–water partition coefficient (Wildman–Crippen LogP) is 4.30. The van der Waals surface area contributed by atoms with Crippen LogP contribution in [-0.2, 0) is 24.7 Å². The van der Waals surface area contributed by atoms with Crippen LogP contribution in [0.4, 0.5) is 0 Å². The molecule has 6 heteroatoms. The molecule has 112 valence electrons. The maximum atomic E-state index is 12.1. The van der Waals surface area contributed by atoms with Gasteiger partial charge >= 0.3 is 0 Å². The van der Waals surface area contributed by atoms with E-state index in [1.807, 2.05) is 38.2 Å². The molecule has 0 saturated heterocycles. The number of hydrogen-bond acceptors (Lipinski definition) is 3. The molecule has 0 radical (unpaired) electrons. The van der Waals surface area contributed by atoms with Crippen molar-refractivity contribution >= 4 is 45.1 Å². The number of Topliss-reactive ketones (excluding diaryl/α,β-unsaturated/α-hetero) is 1. The highest BCUT2D eigenvalue weighted by molar-refractivity contribution is 9.10. The van der Waals surface area contributed by atoms with Crippen molar-refractivity contribution in [1.82, 2.24) is 9.78 Å². The Hall–Kier alpha value is -0.780. The molecule has 0 aliphatic rings. The first kappa shape index (κ1) is 16.6. The maximum Gasteiger partial charge on any atom is 0.149 e. The lowest BCUT2D eigenvalue weighted by atomic mass is 10.2. The second-order valence-electron chi connectivity index (χ2n) is 4.65. The summed E-state index contributed by atoms with van der Waals surface area (Å²) in [5.74, 6) is 0.576. The summed E-state index contributed by atoms with van der Waals surface area (Å²) >= 11 is 11.2. The number of aryl methyl sites for hydroxylation is 2. The monoisotopic (exact) mass is 386 g/mol. The fraction of sp³-hybridized carbons (Fsp3) is 0.333. The van der Waals surface area contributed by atoms with Gasteiger partial charge in [-0.1, -0.05) is 40.5 Å². The van der Waals surface area contributed by atoms with Gasteiger partial charge in [0.2, 0.25) is 0 Å². The summed E-state index contributed by atoms with van der Waals surface area (Å²) in [6, 6.07) is 7.93. The van der Waals surface area contributed by atoms with E-state index in [1.54, 1.807) is 4.68 Å². The van der Waals surface area contributed by atoms with Gasteiger partial charge in [-0.2, -0.15) is 5.10 Å². The first-order chi connectivity index (χ1) is 10.0. The van der Waals surface area contributed by atoms with Crippen molar-refractivity contribution < 1.29 is 4.79 Å². The number of ketones is 1. The summed E-state index contributed by atoms with van der Waals surface area (Å²) in [6.45, 7) is 2.00. The molecular weight excluding hydrogens is 372 g/mol. The highest BCUT2D eigenvalue weighted by Crippen LogP contribution is 2.24. The van der Waals surface area contributed by atoms with E-state index in [1.165, 1.54) is 11.8 Å². The minimum Gasteiger partial charge on any atom is -0.298 e. The molecule has 0 N–H and O–H groups in total. The molecule has 0 fully saturated rings. The molecule has 0 bridgehead atoms. The van der Waals surface area contributed by atoms with Crippen LogP contribution in [0.5, 0.6) is 0 Å². The summed E-state index contributed by atoms with van der Waals surface area (Å²) in [4.78, 5) is 13.2. The molecule has 2 aromatic rings. The van der Waals surface area contributed by atoms with E-state index in [2.05, 4.69) is 21.0 Å². The van der Waals surface area contributed by atoms with Crippen LogP contribution in [0.2, 0.25) is 5.02 Å². The van der Waals surface area contributed by atoms with Gasteiger partial charge in [-0.3, -0.25) is 9.48 Å². The van der Waals surface area contributed by atoms with Crippen molar-refractivity contribution in [2.24, 2.45) is 7.05 Å². The molecule has 0 aliphatic carbocycles. The van der Waals surface area contributed by atoms with Crippen LogP contribution in [0.15, 0.2) is 33.6 Å². The number of nitrogens with zero attached hydrogens (tertiary/aromatic N) is 2. The number of halogens is 2. The van der Waals surface area contributed by atoms with E-state index >= 15 is 0 Å². The first-order valence-electron chi connectivity index (χ1n) is 6.61. The molecule has 0 amide bonds. The zero-order valence-electron chi connectivity index (χ0n) is 11.9. The van der Waals surface area contributed by atoms with Crippen molar-refractivity contribution in [3.63, 3.8) is 0 Å². The van der Waals surface area contributed by atoms with Crippen molar-refractivity contribution in [1.29, 1.82) is 0 Å². The number of hydrogen-bond donors (Lipinski definition) is 0. The van der Waals surface area contributed by atoms with Gasteiger partial charge in [0.15, 0.2) is 0 Å². The Bertz CT molecular complexity index is 657. The van der Waals surface area contributed by atoms with E-state index in [-0.39, 0.29) is 5.78 Å². The zero-order chi connectivity index (χ0) is 15.4. The van der Waals surface area contributed by atoms with Gasteiger partial charge in [-0.25, -0.2) is 0 Å². The second kappa shape index (κ2) is 7.47. The average molecular weight is 388 g/mol. The Labute approximate surface area is 142 Å². The van der Waals surface area contributed by atoms with Crippen molar-refractivity contribution in [2.75, 3.05) is 5.75 Å². The molecule has 2 rings (SSSR count). The lowest BCUT2D eigenvalue weighted by Crippen LogP contribution is -2.10. The van der Waals surface area contributed by atoms with Crippen LogP contribution in [0.1, 0.15) is 18.3 Å². The van der Waals surface area contributed by atoms with Gasteiger partial charge in [0.25, 0.3) is 0 Å². The summed E-state index contributed by atoms with van der Waals surface area (Å²) in [7, 11) is 1.83. The van der Waals surface area contributed by atoms with Crippen LogP contribution in [0.3, 0.4) is 0 Å². The van der Waals surface area contributed by atoms with Gasteiger partial charge in [-0.05, 0) is 24.6 Å². The highest BCUT2D eigenvalue weighted by Gasteiger charge is 2.16. The van der Waals surface area contributed by atoms with Crippen molar-refractivity contribution in [2.45, 2.75) is 24.7 Å². The van der Waals surface area contributed by atoms with E-state index in [4.69, 9.17) is 11.6 Å².